The van der Waals surface area contributed by atoms with Crippen molar-refractivity contribution in [3.8, 4) is 11.5 Å². The average molecular weight is 326 g/mol. The van der Waals surface area contributed by atoms with Crippen LogP contribution in [0, 0.1) is 23.2 Å². The highest BCUT2D eigenvalue weighted by Crippen LogP contribution is 2.60. The molecule has 24 heavy (non-hydrogen) atoms. The van der Waals surface area contributed by atoms with Gasteiger partial charge in [-0.15, -0.1) is 0 Å². The van der Waals surface area contributed by atoms with E-state index in [9.17, 15) is 4.79 Å². The highest BCUT2D eigenvalue weighted by atomic mass is 16.5. The van der Waals surface area contributed by atoms with Crippen LogP contribution in [-0.4, -0.2) is 20.0 Å². The van der Waals surface area contributed by atoms with Gasteiger partial charge in [0.05, 0.1) is 14.2 Å². The molecule has 4 aliphatic carbocycles. The van der Waals surface area contributed by atoms with Gasteiger partial charge in [-0.2, -0.15) is 0 Å². The quantitative estimate of drug-likeness (QED) is 0.583. The summed E-state index contributed by atoms with van der Waals surface area (Å²) >= 11 is 0. The number of ether oxygens (including phenoxy) is 2. The molecule has 0 heterocycles. The number of hydrogen-bond acceptors (Lipinski definition) is 3. The largest absolute Gasteiger partial charge is 0.497 e. The van der Waals surface area contributed by atoms with Gasteiger partial charge in [-0.05, 0) is 79.9 Å². The molecule has 0 radical (unpaired) electrons. The smallest absolute Gasteiger partial charge is 0.185 e. The molecule has 3 heteroatoms. The Hall–Kier alpha value is -1.77. The number of rotatable bonds is 5. The Balaban J connectivity index is 1.55. The van der Waals surface area contributed by atoms with E-state index >= 15 is 0 Å². The van der Waals surface area contributed by atoms with Gasteiger partial charge in [-0.1, -0.05) is 6.08 Å². The molecular weight excluding hydrogens is 300 g/mol. The van der Waals surface area contributed by atoms with Crippen molar-refractivity contribution in [2.24, 2.45) is 23.2 Å². The van der Waals surface area contributed by atoms with Gasteiger partial charge in [0.25, 0.3) is 0 Å². The average Bonchev–Trinajstić information content (AvgIpc) is 2.58. The van der Waals surface area contributed by atoms with Crippen molar-refractivity contribution in [2.45, 2.75) is 38.5 Å². The van der Waals surface area contributed by atoms with Crippen molar-refractivity contribution < 1.29 is 14.3 Å². The van der Waals surface area contributed by atoms with E-state index in [2.05, 4.69) is 6.08 Å². The summed E-state index contributed by atoms with van der Waals surface area (Å²) in [6.07, 6.45) is 12.2. The third kappa shape index (κ3) is 2.85. The number of allylic oxidation sites excluding steroid dienone is 2. The molecule has 4 bridgehead atoms. The predicted molar refractivity (Wildman–Crippen MR) is 93.6 cm³/mol. The van der Waals surface area contributed by atoms with E-state index in [1.54, 1.807) is 38.5 Å². The van der Waals surface area contributed by atoms with Crippen LogP contribution in [0.5, 0.6) is 11.5 Å². The molecule has 128 valence electrons. The van der Waals surface area contributed by atoms with Crippen LogP contribution in [-0.2, 0) is 0 Å². The molecule has 0 unspecified atom stereocenters. The second-order valence-electron chi connectivity index (χ2n) is 8.08. The summed E-state index contributed by atoms with van der Waals surface area (Å²) in [5.74, 6) is 4.04. The predicted octanol–water partition coefficient (Wildman–Crippen LogP) is 4.66. The minimum Gasteiger partial charge on any atom is -0.497 e. The van der Waals surface area contributed by atoms with Gasteiger partial charge < -0.3 is 9.47 Å². The van der Waals surface area contributed by atoms with Gasteiger partial charge >= 0.3 is 0 Å². The van der Waals surface area contributed by atoms with Gasteiger partial charge in [-0.3, -0.25) is 4.79 Å². The monoisotopic (exact) mass is 326 g/mol. The van der Waals surface area contributed by atoms with Gasteiger partial charge in [0.1, 0.15) is 11.5 Å². The lowest BCUT2D eigenvalue weighted by Crippen LogP contribution is -2.45. The van der Waals surface area contributed by atoms with Crippen molar-refractivity contribution >= 4 is 5.78 Å². The van der Waals surface area contributed by atoms with Crippen LogP contribution >= 0.6 is 0 Å². The zero-order valence-electron chi connectivity index (χ0n) is 14.6. The van der Waals surface area contributed by atoms with Gasteiger partial charge in [0, 0.05) is 11.6 Å². The fourth-order valence-corrected chi connectivity index (χ4v) is 5.68. The zero-order chi connectivity index (χ0) is 16.7. The third-order valence-corrected chi connectivity index (χ3v) is 6.31. The van der Waals surface area contributed by atoms with Crippen LogP contribution in [0.1, 0.15) is 48.9 Å². The Labute approximate surface area is 144 Å². The van der Waals surface area contributed by atoms with Crippen LogP contribution < -0.4 is 9.47 Å². The van der Waals surface area contributed by atoms with Crippen LogP contribution in [0.3, 0.4) is 0 Å². The van der Waals surface area contributed by atoms with Gasteiger partial charge in [-0.25, -0.2) is 0 Å². The fraction of sp³-hybridized carbons (Fsp3) is 0.571. The maximum atomic E-state index is 12.7. The molecule has 3 nitrogen and oxygen atoms in total. The molecule has 0 aliphatic heterocycles. The minimum atomic E-state index is 0.0444. The Morgan fingerprint density at radius 2 is 1.46 bits per heavy atom. The van der Waals surface area contributed by atoms with E-state index in [0.29, 0.717) is 17.1 Å². The lowest BCUT2D eigenvalue weighted by atomic mass is 9.49. The first kappa shape index (κ1) is 15.7. The van der Waals surface area contributed by atoms with Crippen molar-refractivity contribution in [3.05, 3.63) is 35.9 Å². The molecule has 0 N–H and O–H groups in total. The molecule has 1 aromatic rings. The summed E-state index contributed by atoms with van der Waals surface area (Å²) in [6, 6.07) is 5.36. The summed E-state index contributed by atoms with van der Waals surface area (Å²) in [5.41, 5.74) is 0.917. The topological polar surface area (TPSA) is 35.5 Å². The molecule has 0 amide bonds. The fourth-order valence-electron chi connectivity index (χ4n) is 5.68. The molecule has 4 fully saturated rings. The molecule has 1 aromatic carbocycles. The molecular formula is C21H26O3. The number of ketones is 1. The molecule has 0 atom stereocenters. The van der Waals surface area contributed by atoms with Crippen molar-refractivity contribution in [1.29, 1.82) is 0 Å². The summed E-state index contributed by atoms with van der Waals surface area (Å²) in [6.45, 7) is 0. The first-order chi connectivity index (χ1) is 11.6. The maximum Gasteiger partial charge on any atom is 0.185 e. The first-order valence-electron chi connectivity index (χ1n) is 9.06. The Kier molecular flexibility index (Phi) is 3.90. The standard InChI is InChI=1S/C21H26O3/c1-23-18-8-17(9-19(10-18)24-2)20(22)3-4-21-11-14-5-15(12-21)7-16(6-14)13-21/h3-4,8-10,14-16H,5-7,11-13H2,1-2H3/b4-3+. The van der Waals surface area contributed by atoms with Crippen molar-refractivity contribution in [1.82, 2.24) is 0 Å². The highest BCUT2D eigenvalue weighted by Gasteiger charge is 2.49. The summed E-state index contributed by atoms with van der Waals surface area (Å²) in [5, 5.41) is 0. The van der Waals surface area contributed by atoms with E-state index in [-0.39, 0.29) is 11.2 Å². The van der Waals surface area contributed by atoms with Crippen LogP contribution in [0.25, 0.3) is 0 Å². The second kappa shape index (κ2) is 5.94. The van der Waals surface area contributed by atoms with Crippen LogP contribution in [0.15, 0.2) is 30.4 Å². The number of hydrogen-bond donors (Lipinski definition) is 0. The lowest BCUT2D eigenvalue weighted by molar-refractivity contribution is -0.0238. The number of benzene rings is 1. The summed E-state index contributed by atoms with van der Waals surface area (Å²) in [4.78, 5) is 12.7. The number of carbonyl (C=O) groups is 1. The first-order valence-corrected chi connectivity index (χ1v) is 9.06. The molecule has 0 aromatic heterocycles. The van der Waals surface area contributed by atoms with Crippen LogP contribution in [0.2, 0.25) is 0 Å². The Morgan fingerprint density at radius 1 is 0.958 bits per heavy atom. The summed E-state index contributed by atoms with van der Waals surface area (Å²) in [7, 11) is 3.21. The highest BCUT2D eigenvalue weighted by molar-refractivity contribution is 6.05. The molecule has 4 saturated carbocycles. The van der Waals surface area contributed by atoms with E-state index in [4.69, 9.17) is 9.47 Å². The summed E-state index contributed by atoms with van der Waals surface area (Å²) < 4.78 is 10.5. The zero-order valence-corrected chi connectivity index (χ0v) is 14.6. The molecule has 0 saturated heterocycles. The number of carbonyl (C=O) groups excluding carboxylic acids is 1. The second-order valence-corrected chi connectivity index (χ2v) is 8.08. The molecule has 4 aliphatic rings. The molecule has 0 spiro atoms. The Morgan fingerprint density at radius 3 is 1.92 bits per heavy atom. The maximum absolute atomic E-state index is 12.7. The van der Waals surface area contributed by atoms with E-state index in [0.717, 1.165) is 17.8 Å². The van der Waals surface area contributed by atoms with Crippen LogP contribution in [0.4, 0.5) is 0 Å². The Bertz CT molecular complexity index is 616. The minimum absolute atomic E-state index is 0.0444. The van der Waals surface area contributed by atoms with E-state index < -0.39 is 0 Å². The third-order valence-electron chi connectivity index (χ3n) is 6.31. The van der Waals surface area contributed by atoms with E-state index in [1.165, 1.54) is 38.5 Å². The van der Waals surface area contributed by atoms with Gasteiger partial charge in [0.2, 0.25) is 0 Å². The lowest BCUT2D eigenvalue weighted by Gasteiger charge is -2.55. The SMILES string of the molecule is COc1cc(OC)cc(C(=O)/C=C/C23CC4CC(CC(C4)C2)C3)c1. The van der Waals surface area contributed by atoms with Crippen molar-refractivity contribution in [2.75, 3.05) is 14.2 Å². The number of methoxy groups -OCH3 is 2. The normalized spacial score (nSPS) is 33.8. The molecule has 5 rings (SSSR count). The van der Waals surface area contributed by atoms with Gasteiger partial charge in [0.15, 0.2) is 5.78 Å². The van der Waals surface area contributed by atoms with Crippen molar-refractivity contribution in [3.63, 3.8) is 0 Å². The van der Waals surface area contributed by atoms with E-state index in [1.807, 2.05) is 0 Å².